The number of rotatable bonds is 8. The summed E-state index contributed by atoms with van der Waals surface area (Å²) in [5.74, 6) is 1.91. The summed E-state index contributed by atoms with van der Waals surface area (Å²) in [5.41, 5.74) is 0. The second-order valence-corrected chi connectivity index (χ2v) is 8.82. The van der Waals surface area contributed by atoms with Gasteiger partial charge >= 0.3 is 7.67 Å². The lowest BCUT2D eigenvalue weighted by Gasteiger charge is -2.43. The molecule has 4 nitrogen and oxygen atoms in total. The van der Waals surface area contributed by atoms with Gasteiger partial charge < -0.3 is 4.52 Å². The first-order chi connectivity index (χ1) is 9.10. The van der Waals surface area contributed by atoms with Gasteiger partial charge in [0.1, 0.15) is 0 Å². The molecule has 0 aromatic heterocycles. The summed E-state index contributed by atoms with van der Waals surface area (Å²) >= 11 is 13.4. The van der Waals surface area contributed by atoms with E-state index < -0.39 is 7.67 Å². The fourth-order valence-corrected chi connectivity index (χ4v) is 6.42. The van der Waals surface area contributed by atoms with Gasteiger partial charge in [0.25, 0.3) is 0 Å². The van der Waals surface area contributed by atoms with Crippen LogP contribution in [0.4, 0.5) is 0 Å². The van der Waals surface area contributed by atoms with E-state index in [0.29, 0.717) is 31.5 Å². The van der Waals surface area contributed by atoms with Gasteiger partial charge in [-0.05, 0) is 25.6 Å². The van der Waals surface area contributed by atoms with Gasteiger partial charge in [0.2, 0.25) is 0 Å². The van der Waals surface area contributed by atoms with Gasteiger partial charge in [-0.3, -0.25) is 4.57 Å². The zero-order valence-corrected chi connectivity index (χ0v) is 14.8. The molecule has 1 aliphatic rings. The largest absolute Gasteiger partial charge is 0.346 e. The average Bonchev–Trinajstić information content (AvgIpc) is 2.40. The van der Waals surface area contributed by atoms with Crippen LogP contribution in [-0.2, 0) is 9.09 Å². The van der Waals surface area contributed by atoms with E-state index in [1.54, 1.807) is 4.67 Å². The van der Waals surface area contributed by atoms with E-state index in [2.05, 4.69) is 6.92 Å². The first-order valence-corrected chi connectivity index (χ1v) is 10.2. The van der Waals surface area contributed by atoms with Crippen LogP contribution < -0.4 is 0 Å². The molecular formula is C11H23Cl2N2O2PS. The molecule has 1 fully saturated rings. The fourth-order valence-electron chi connectivity index (χ4n) is 2.00. The lowest BCUT2D eigenvalue weighted by atomic mass is 10.4. The van der Waals surface area contributed by atoms with Crippen LogP contribution in [0.25, 0.3) is 0 Å². The summed E-state index contributed by atoms with van der Waals surface area (Å²) in [6.07, 6.45) is 2.02. The van der Waals surface area contributed by atoms with E-state index in [1.165, 1.54) is 0 Å². The molecule has 0 radical (unpaired) electrons. The third-order valence-electron chi connectivity index (χ3n) is 3.00. The predicted octanol–water partition coefficient (Wildman–Crippen LogP) is 3.70. The Bertz CT molecular complexity index is 306. The van der Waals surface area contributed by atoms with Crippen LogP contribution in [0.1, 0.15) is 19.8 Å². The highest BCUT2D eigenvalue weighted by Crippen LogP contribution is 2.58. The Balaban J connectivity index is 2.78. The van der Waals surface area contributed by atoms with E-state index in [0.717, 1.165) is 18.6 Å². The molecule has 0 saturated carbocycles. The molecule has 0 N–H and O–H groups in total. The fraction of sp³-hybridized carbons (Fsp3) is 1.00. The van der Waals surface area contributed by atoms with Crippen molar-refractivity contribution >= 4 is 42.6 Å². The number of hydrogen-bond acceptors (Lipinski definition) is 3. The molecule has 19 heavy (non-hydrogen) atoms. The molecule has 8 heteroatoms. The van der Waals surface area contributed by atoms with E-state index >= 15 is 0 Å². The van der Waals surface area contributed by atoms with Gasteiger partial charge in [-0.2, -0.15) is 0 Å². The summed E-state index contributed by atoms with van der Waals surface area (Å²) in [7, 11) is -1.09. The SMILES string of the molecule is CCCS[C@@H]1CCO[P@](=O)(N(CCCl)CCCl)N1C. The van der Waals surface area contributed by atoms with Crippen LogP contribution in [0.15, 0.2) is 0 Å². The van der Waals surface area contributed by atoms with Crippen LogP contribution in [0.3, 0.4) is 0 Å². The third kappa shape index (κ3) is 4.77. The van der Waals surface area contributed by atoms with Crippen LogP contribution in [0, 0.1) is 0 Å². The zero-order valence-electron chi connectivity index (χ0n) is 11.6. The lowest BCUT2D eigenvalue weighted by Crippen LogP contribution is -2.41. The number of alkyl halides is 2. The Labute approximate surface area is 130 Å². The molecule has 1 heterocycles. The highest BCUT2D eigenvalue weighted by molar-refractivity contribution is 8.00. The van der Waals surface area contributed by atoms with Crippen molar-refractivity contribution in [3.63, 3.8) is 0 Å². The molecule has 0 aromatic carbocycles. The second-order valence-electron chi connectivity index (χ2n) is 4.34. The van der Waals surface area contributed by atoms with Crippen LogP contribution in [0.5, 0.6) is 0 Å². The number of halogens is 2. The van der Waals surface area contributed by atoms with E-state index in [1.807, 2.05) is 23.5 Å². The molecule has 0 aliphatic carbocycles. The van der Waals surface area contributed by atoms with Crippen molar-refractivity contribution in [2.75, 3.05) is 44.3 Å². The summed E-state index contributed by atoms with van der Waals surface area (Å²) in [4.78, 5) is 0. The summed E-state index contributed by atoms with van der Waals surface area (Å²) in [6.45, 7) is 3.74. The van der Waals surface area contributed by atoms with Gasteiger partial charge in [-0.15, -0.1) is 35.0 Å². The Morgan fingerprint density at radius 1 is 1.42 bits per heavy atom. The van der Waals surface area contributed by atoms with Crippen molar-refractivity contribution in [1.29, 1.82) is 0 Å². The third-order valence-corrected chi connectivity index (χ3v) is 7.78. The number of hydrogen-bond donors (Lipinski definition) is 0. The van der Waals surface area contributed by atoms with Crippen molar-refractivity contribution in [3.8, 4) is 0 Å². The molecule has 0 amide bonds. The minimum atomic E-state index is -2.97. The minimum Gasteiger partial charge on any atom is -0.306 e. The molecule has 114 valence electrons. The maximum atomic E-state index is 13.1. The van der Waals surface area contributed by atoms with Gasteiger partial charge in [0.05, 0.1) is 12.0 Å². The maximum Gasteiger partial charge on any atom is 0.346 e. The molecule has 0 unspecified atom stereocenters. The van der Waals surface area contributed by atoms with Crippen LogP contribution in [-0.4, -0.2) is 59.0 Å². The van der Waals surface area contributed by atoms with E-state index in [9.17, 15) is 4.57 Å². The first kappa shape index (κ1) is 18.1. The molecule has 0 aromatic rings. The van der Waals surface area contributed by atoms with Crippen molar-refractivity contribution < 1.29 is 9.09 Å². The Morgan fingerprint density at radius 3 is 2.58 bits per heavy atom. The monoisotopic (exact) mass is 348 g/mol. The standard InChI is InChI=1S/C11H23Cl2N2O2PS/c1-3-10-19-11-4-9-17-18(16,14(11)2)15(7-5-12)8-6-13/h11H,3-10H2,1-2H3/t11-,18+/m1/s1. The smallest absolute Gasteiger partial charge is 0.306 e. The molecule has 1 rings (SSSR count). The predicted molar refractivity (Wildman–Crippen MR) is 85.5 cm³/mol. The van der Waals surface area contributed by atoms with Crippen LogP contribution in [0.2, 0.25) is 0 Å². The van der Waals surface area contributed by atoms with Crippen molar-refractivity contribution in [1.82, 2.24) is 9.34 Å². The van der Waals surface area contributed by atoms with Gasteiger partial charge in [0, 0.05) is 24.8 Å². The van der Waals surface area contributed by atoms with Gasteiger partial charge in [-0.25, -0.2) is 9.34 Å². The number of nitrogens with zero attached hydrogens (tertiary/aromatic N) is 2. The molecular weight excluding hydrogens is 326 g/mol. The van der Waals surface area contributed by atoms with E-state index in [-0.39, 0.29) is 5.37 Å². The van der Waals surface area contributed by atoms with Crippen molar-refractivity contribution in [3.05, 3.63) is 0 Å². The first-order valence-electron chi connectivity index (χ1n) is 6.57. The van der Waals surface area contributed by atoms with Crippen molar-refractivity contribution in [2.24, 2.45) is 0 Å². The molecule has 0 bridgehead atoms. The lowest BCUT2D eigenvalue weighted by molar-refractivity contribution is 0.171. The zero-order chi connectivity index (χ0) is 14.3. The summed E-state index contributed by atoms with van der Waals surface area (Å²) in [6, 6.07) is 0. The van der Waals surface area contributed by atoms with Gasteiger partial charge in [-0.1, -0.05) is 6.92 Å². The van der Waals surface area contributed by atoms with Crippen LogP contribution >= 0.6 is 42.6 Å². The van der Waals surface area contributed by atoms with Crippen molar-refractivity contribution in [2.45, 2.75) is 25.1 Å². The maximum absolute atomic E-state index is 13.1. The molecule has 1 saturated heterocycles. The normalized spacial score (nSPS) is 29.0. The molecule has 1 aliphatic heterocycles. The summed E-state index contributed by atoms with van der Waals surface area (Å²) < 4.78 is 22.4. The average molecular weight is 349 g/mol. The quantitative estimate of drug-likeness (QED) is 0.493. The second kappa shape index (κ2) is 9.14. The molecule has 2 atom stereocenters. The molecule has 0 spiro atoms. The topological polar surface area (TPSA) is 32.8 Å². The highest BCUT2D eigenvalue weighted by Gasteiger charge is 2.42. The Hall–Kier alpha value is 1.04. The Kier molecular flexibility index (Phi) is 8.70. The van der Waals surface area contributed by atoms with E-state index in [4.69, 9.17) is 27.7 Å². The summed E-state index contributed by atoms with van der Waals surface area (Å²) in [5, 5.41) is 0.243. The Morgan fingerprint density at radius 2 is 2.05 bits per heavy atom. The minimum absolute atomic E-state index is 0.243. The van der Waals surface area contributed by atoms with Gasteiger partial charge in [0.15, 0.2) is 0 Å². The number of thioether (sulfide) groups is 1. The highest BCUT2D eigenvalue weighted by atomic mass is 35.5.